The Hall–Kier alpha value is -2.41. The molecule has 2 N–H and O–H groups in total. The molecule has 1 atom stereocenters. The zero-order valence-corrected chi connectivity index (χ0v) is 14.7. The van der Waals surface area contributed by atoms with E-state index in [1.165, 1.54) is 18.3 Å². The number of nitrogens with one attached hydrogen (secondary N) is 2. The lowest BCUT2D eigenvalue weighted by molar-refractivity contribution is -0.127. The quantitative estimate of drug-likeness (QED) is 0.820. The number of ether oxygens (including phenoxy) is 1. The Bertz CT molecular complexity index is 762. The number of rotatable bonds is 4. The van der Waals surface area contributed by atoms with Crippen LogP contribution in [0, 0.1) is 0 Å². The van der Waals surface area contributed by atoms with Gasteiger partial charge in [0.05, 0.1) is 0 Å². The average Bonchev–Trinajstić information content (AvgIpc) is 3.23. The summed E-state index contributed by atoms with van der Waals surface area (Å²) < 4.78 is 6.15. The third-order valence-electron chi connectivity index (χ3n) is 4.21. The second kappa shape index (κ2) is 7.65. The number of benzene rings is 1. The van der Waals surface area contributed by atoms with Crippen LogP contribution >= 0.6 is 11.3 Å². The molecule has 0 unspecified atom stereocenters. The number of amides is 3. The molecule has 2 aromatic rings. The molecule has 0 bridgehead atoms. The van der Waals surface area contributed by atoms with E-state index in [0.717, 1.165) is 35.8 Å². The van der Waals surface area contributed by atoms with E-state index in [2.05, 4.69) is 10.6 Å². The van der Waals surface area contributed by atoms with Crippen molar-refractivity contribution in [2.24, 2.45) is 0 Å². The molecule has 132 valence electrons. The standard InChI is InChI=1S/C18H20N2O4S/c1-11(16(21)20-18(23)19-13-7-3-4-8-13)24-17(22)15-10-12-6-2-5-9-14(12)25-15/h2,5-6,9-11,13H,3-4,7-8H2,1H3,(H2,19,20,21,23)/t11-/m1/s1. The van der Waals surface area contributed by atoms with Crippen LogP contribution in [0.5, 0.6) is 0 Å². The monoisotopic (exact) mass is 360 g/mol. The maximum absolute atomic E-state index is 12.2. The number of carbonyl (C=O) groups is 3. The van der Waals surface area contributed by atoms with Crippen molar-refractivity contribution in [3.05, 3.63) is 35.2 Å². The summed E-state index contributed by atoms with van der Waals surface area (Å²) in [6.07, 6.45) is 2.98. The van der Waals surface area contributed by atoms with Gasteiger partial charge >= 0.3 is 12.0 Å². The summed E-state index contributed by atoms with van der Waals surface area (Å²) in [5.74, 6) is -1.20. The predicted molar refractivity (Wildman–Crippen MR) is 95.6 cm³/mol. The fourth-order valence-corrected chi connectivity index (χ4v) is 3.81. The van der Waals surface area contributed by atoms with Gasteiger partial charge in [0.15, 0.2) is 6.10 Å². The summed E-state index contributed by atoms with van der Waals surface area (Å²) in [6.45, 7) is 1.45. The average molecular weight is 360 g/mol. The van der Waals surface area contributed by atoms with E-state index in [1.54, 1.807) is 6.07 Å². The Morgan fingerprint density at radius 2 is 1.92 bits per heavy atom. The van der Waals surface area contributed by atoms with Crippen molar-refractivity contribution in [2.45, 2.75) is 44.8 Å². The number of fused-ring (bicyclic) bond motifs is 1. The number of thiophene rings is 1. The Labute approximate surface area is 149 Å². The molecule has 1 aromatic carbocycles. The maximum Gasteiger partial charge on any atom is 0.349 e. The molecule has 3 rings (SSSR count). The molecule has 0 radical (unpaired) electrons. The van der Waals surface area contributed by atoms with Gasteiger partial charge < -0.3 is 10.1 Å². The van der Waals surface area contributed by atoms with Gasteiger partial charge in [-0.2, -0.15) is 0 Å². The zero-order chi connectivity index (χ0) is 17.8. The molecule has 0 spiro atoms. The molecule has 3 amide bonds. The lowest BCUT2D eigenvalue weighted by Crippen LogP contribution is -2.47. The van der Waals surface area contributed by atoms with Crippen molar-refractivity contribution in [1.29, 1.82) is 0 Å². The minimum atomic E-state index is -1.05. The van der Waals surface area contributed by atoms with Gasteiger partial charge in [0, 0.05) is 10.7 Å². The Kier molecular flexibility index (Phi) is 5.33. The second-order valence-corrected chi connectivity index (χ2v) is 7.22. The fraction of sp³-hybridized carbons (Fsp3) is 0.389. The summed E-state index contributed by atoms with van der Waals surface area (Å²) in [4.78, 5) is 36.5. The molecule has 0 aliphatic heterocycles. The highest BCUT2D eigenvalue weighted by Gasteiger charge is 2.23. The summed E-state index contributed by atoms with van der Waals surface area (Å²) in [7, 11) is 0. The Morgan fingerprint density at radius 3 is 2.64 bits per heavy atom. The first-order valence-electron chi connectivity index (χ1n) is 8.34. The van der Waals surface area contributed by atoms with E-state index in [0.29, 0.717) is 4.88 Å². The zero-order valence-electron chi connectivity index (χ0n) is 13.9. The summed E-state index contributed by atoms with van der Waals surface area (Å²) in [5.41, 5.74) is 0. The van der Waals surface area contributed by atoms with Crippen molar-refractivity contribution in [3.63, 3.8) is 0 Å². The van der Waals surface area contributed by atoms with Crippen LogP contribution in [-0.2, 0) is 9.53 Å². The fourth-order valence-electron chi connectivity index (χ4n) is 2.86. The normalized spacial score (nSPS) is 15.7. The van der Waals surface area contributed by atoms with Crippen LogP contribution in [0.3, 0.4) is 0 Å². The first-order valence-corrected chi connectivity index (χ1v) is 9.15. The van der Waals surface area contributed by atoms with Crippen LogP contribution in [0.15, 0.2) is 30.3 Å². The van der Waals surface area contributed by atoms with Crippen molar-refractivity contribution in [2.75, 3.05) is 0 Å². The molecule has 0 saturated heterocycles. The van der Waals surface area contributed by atoms with E-state index < -0.39 is 24.0 Å². The second-order valence-electron chi connectivity index (χ2n) is 6.14. The molecule has 1 heterocycles. The highest BCUT2D eigenvalue weighted by atomic mass is 32.1. The van der Waals surface area contributed by atoms with Gasteiger partial charge in [-0.25, -0.2) is 9.59 Å². The summed E-state index contributed by atoms with van der Waals surface area (Å²) in [5, 5.41) is 5.94. The molecule has 1 saturated carbocycles. The first-order chi connectivity index (χ1) is 12.0. The molecule has 1 fully saturated rings. The molecule has 1 aliphatic rings. The third kappa shape index (κ3) is 4.36. The van der Waals surface area contributed by atoms with Crippen molar-refractivity contribution >= 4 is 39.3 Å². The number of hydrogen-bond acceptors (Lipinski definition) is 5. The third-order valence-corrected chi connectivity index (χ3v) is 5.30. The van der Waals surface area contributed by atoms with E-state index >= 15 is 0 Å². The molecule has 25 heavy (non-hydrogen) atoms. The minimum absolute atomic E-state index is 0.115. The van der Waals surface area contributed by atoms with E-state index in [4.69, 9.17) is 4.74 Å². The van der Waals surface area contributed by atoms with Crippen molar-refractivity contribution < 1.29 is 19.1 Å². The molecule has 6 nitrogen and oxygen atoms in total. The van der Waals surface area contributed by atoms with Gasteiger partial charge in [0.1, 0.15) is 4.88 Å². The van der Waals surface area contributed by atoms with E-state index in [9.17, 15) is 14.4 Å². The number of imide groups is 1. The van der Waals surface area contributed by atoms with Crippen LogP contribution in [0.25, 0.3) is 10.1 Å². The largest absolute Gasteiger partial charge is 0.448 e. The highest BCUT2D eigenvalue weighted by molar-refractivity contribution is 7.20. The molecular weight excluding hydrogens is 340 g/mol. The van der Waals surface area contributed by atoms with Gasteiger partial charge in [-0.3, -0.25) is 10.1 Å². The Morgan fingerprint density at radius 1 is 1.20 bits per heavy atom. The smallest absolute Gasteiger partial charge is 0.349 e. The molecule has 1 aromatic heterocycles. The Balaban J connectivity index is 1.53. The van der Waals surface area contributed by atoms with Crippen molar-refractivity contribution in [1.82, 2.24) is 10.6 Å². The highest BCUT2D eigenvalue weighted by Crippen LogP contribution is 2.26. The van der Waals surface area contributed by atoms with Crippen LogP contribution < -0.4 is 10.6 Å². The van der Waals surface area contributed by atoms with Gasteiger partial charge in [0.25, 0.3) is 5.91 Å². The molecule has 7 heteroatoms. The van der Waals surface area contributed by atoms with Crippen molar-refractivity contribution in [3.8, 4) is 0 Å². The number of hydrogen-bond donors (Lipinski definition) is 2. The van der Waals surface area contributed by atoms with Crippen LogP contribution in [0.4, 0.5) is 4.79 Å². The lowest BCUT2D eigenvalue weighted by atomic mass is 10.2. The molecule has 1 aliphatic carbocycles. The summed E-state index contributed by atoms with van der Waals surface area (Å²) in [6, 6.07) is 8.92. The van der Waals surface area contributed by atoms with Gasteiger partial charge in [0.2, 0.25) is 0 Å². The summed E-state index contributed by atoms with van der Waals surface area (Å²) >= 11 is 1.31. The number of esters is 1. The first kappa shape index (κ1) is 17.4. The number of carbonyl (C=O) groups excluding carboxylic acids is 3. The number of urea groups is 1. The SMILES string of the molecule is C[C@@H](OC(=O)c1cc2ccccc2s1)C(=O)NC(=O)NC1CCCC1. The minimum Gasteiger partial charge on any atom is -0.448 e. The lowest BCUT2D eigenvalue weighted by Gasteiger charge is -2.15. The van der Waals surface area contributed by atoms with E-state index in [-0.39, 0.29) is 6.04 Å². The van der Waals surface area contributed by atoms with E-state index in [1.807, 2.05) is 24.3 Å². The predicted octanol–water partition coefficient (Wildman–Crippen LogP) is 3.22. The maximum atomic E-state index is 12.2. The molecular formula is C18H20N2O4S. The van der Waals surface area contributed by atoms with Gasteiger partial charge in [-0.15, -0.1) is 11.3 Å². The van der Waals surface area contributed by atoms with Crippen LogP contribution in [0.1, 0.15) is 42.3 Å². The van der Waals surface area contributed by atoms with Crippen LogP contribution in [-0.4, -0.2) is 30.1 Å². The van der Waals surface area contributed by atoms with Gasteiger partial charge in [-0.1, -0.05) is 31.0 Å². The van der Waals surface area contributed by atoms with Crippen LogP contribution in [0.2, 0.25) is 0 Å². The topological polar surface area (TPSA) is 84.5 Å². The van der Waals surface area contributed by atoms with Gasteiger partial charge in [-0.05, 0) is 37.3 Å².